The maximum atomic E-state index is 2.46. The molecule has 0 bridgehead atoms. The second-order valence-corrected chi connectivity index (χ2v) is 5.62. The van der Waals surface area contributed by atoms with E-state index in [4.69, 9.17) is 0 Å². The summed E-state index contributed by atoms with van der Waals surface area (Å²) in [5.74, 6) is 0. The van der Waals surface area contributed by atoms with Crippen molar-refractivity contribution in [1.29, 1.82) is 0 Å². The second-order valence-electron chi connectivity index (χ2n) is 5.62. The highest BCUT2D eigenvalue weighted by Crippen LogP contribution is 2.17. The number of nitrogens with zero attached hydrogens (tertiary/aromatic N) is 1. The van der Waals surface area contributed by atoms with E-state index >= 15 is 0 Å². The van der Waals surface area contributed by atoms with Crippen LogP contribution in [-0.2, 0) is 0 Å². The lowest BCUT2D eigenvalue weighted by atomic mass is 10.1. The van der Waals surface area contributed by atoms with Gasteiger partial charge in [0.25, 0.3) is 0 Å². The van der Waals surface area contributed by atoms with E-state index in [0.29, 0.717) is 0 Å². The van der Waals surface area contributed by atoms with Gasteiger partial charge in [-0.15, -0.1) is 0 Å². The van der Waals surface area contributed by atoms with Gasteiger partial charge in [-0.05, 0) is 32.1 Å². The molecule has 0 unspecified atom stereocenters. The molecule has 0 aromatic rings. The summed E-state index contributed by atoms with van der Waals surface area (Å²) in [5.41, 5.74) is 0. The molecule has 0 spiro atoms. The summed E-state index contributed by atoms with van der Waals surface area (Å²) in [4.78, 5) is 0. The predicted molar refractivity (Wildman–Crippen MR) is 74.7 cm³/mol. The average molecular weight is 228 g/mol. The molecule has 98 valence electrons. The molecular formula is C15H34N+. The number of hydrogen-bond acceptors (Lipinski definition) is 0. The molecule has 1 aliphatic rings. The Bertz CT molecular complexity index is 148. The highest BCUT2D eigenvalue weighted by atomic mass is 15.3. The van der Waals surface area contributed by atoms with Crippen LogP contribution in [0, 0.1) is 0 Å². The Balaban J connectivity index is 0.00000225. The van der Waals surface area contributed by atoms with Crippen LogP contribution in [0.15, 0.2) is 0 Å². The average Bonchev–Trinajstić information content (AvgIpc) is 2.24. The van der Waals surface area contributed by atoms with Gasteiger partial charge in [-0.25, -0.2) is 0 Å². The van der Waals surface area contributed by atoms with Crippen LogP contribution in [0.1, 0.15) is 72.1 Å². The van der Waals surface area contributed by atoms with Gasteiger partial charge in [0.05, 0.1) is 26.7 Å². The molecule has 0 saturated carbocycles. The van der Waals surface area contributed by atoms with E-state index in [9.17, 15) is 0 Å². The lowest BCUT2D eigenvalue weighted by Crippen LogP contribution is -2.48. The molecule has 1 nitrogen and oxygen atoms in total. The first-order valence-electron chi connectivity index (χ1n) is 7.10. The van der Waals surface area contributed by atoms with Crippen molar-refractivity contribution in [3.05, 3.63) is 0 Å². The summed E-state index contributed by atoms with van der Waals surface area (Å²) in [7, 11) is 2.46. The van der Waals surface area contributed by atoms with E-state index in [0.717, 1.165) is 0 Å². The molecule has 1 rings (SSSR count). The van der Waals surface area contributed by atoms with Crippen LogP contribution in [-0.4, -0.2) is 31.2 Å². The van der Waals surface area contributed by atoms with Gasteiger partial charge in [0.1, 0.15) is 0 Å². The van der Waals surface area contributed by atoms with Gasteiger partial charge in [-0.3, -0.25) is 0 Å². The summed E-state index contributed by atoms with van der Waals surface area (Å²) < 4.78 is 1.37. The minimum absolute atomic E-state index is 0. The Kier molecular flexibility index (Phi) is 9.02. The van der Waals surface area contributed by atoms with Gasteiger partial charge in [-0.1, -0.05) is 40.0 Å². The van der Waals surface area contributed by atoms with Crippen LogP contribution in [0.2, 0.25) is 0 Å². The fourth-order valence-corrected chi connectivity index (χ4v) is 2.77. The predicted octanol–water partition coefficient (Wildman–Crippen LogP) is 4.61. The Labute approximate surface area is 104 Å². The standard InChI is InChI=1S/C14H30N.CH4/c1-3-4-5-6-7-9-12-15(2)13-10-8-11-14-15;/h3-14H2,1-2H3;1H4/q+1;. The molecule has 0 aromatic heterocycles. The monoisotopic (exact) mass is 228 g/mol. The topological polar surface area (TPSA) is 0 Å². The van der Waals surface area contributed by atoms with Crippen molar-refractivity contribution < 1.29 is 4.48 Å². The third-order valence-corrected chi connectivity index (χ3v) is 3.95. The molecule has 1 fully saturated rings. The number of hydrogen-bond donors (Lipinski definition) is 0. The van der Waals surface area contributed by atoms with Gasteiger partial charge >= 0.3 is 0 Å². The summed E-state index contributed by atoms with van der Waals surface area (Å²) in [6.07, 6.45) is 13.1. The van der Waals surface area contributed by atoms with E-state index in [1.165, 1.54) is 81.9 Å². The second kappa shape index (κ2) is 9.04. The van der Waals surface area contributed by atoms with Gasteiger partial charge < -0.3 is 4.48 Å². The molecule has 0 atom stereocenters. The molecule has 0 N–H and O–H groups in total. The summed E-state index contributed by atoms with van der Waals surface area (Å²) in [6, 6.07) is 0. The van der Waals surface area contributed by atoms with E-state index in [1.807, 2.05) is 0 Å². The first-order chi connectivity index (χ1) is 7.27. The summed E-state index contributed by atoms with van der Waals surface area (Å²) >= 11 is 0. The quantitative estimate of drug-likeness (QED) is 0.441. The zero-order valence-electron chi connectivity index (χ0n) is 10.9. The summed E-state index contributed by atoms with van der Waals surface area (Å²) in [5, 5.41) is 0. The molecule has 1 saturated heterocycles. The minimum atomic E-state index is 0. The van der Waals surface area contributed by atoms with E-state index in [2.05, 4.69) is 14.0 Å². The Morgan fingerprint density at radius 2 is 1.38 bits per heavy atom. The number of unbranched alkanes of at least 4 members (excludes halogenated alkanes) is 5. The van der Waals surface area contributed by atoms with Crippen molar-refractivity contribution in [2.24, 2.45) is 0 Å². The van der Waals surface area contributed by atoms with Crippen molar-refractivity contribution in [3.63, 3.8) is 0 Å². The normalized spacial score (nSPS) is 19.1. The Morgan fingerprint density at radius 1 is 0.812 bits per heavy atom. The lowest BCUT2D eigenvalue weighted by molar-refractivity contribution is -0.914. The highest BCUT2D eigenvalue weighted by molar-refractivity contribution is 4.52. The van der Waals surface area contributed by atoms with Gasteiger partial charge in [0.15, 0.2) is 0 Å². The van der Waals surface area contributed by atoms with E-state index < -0.39 is 0 Å². The summed E-state index contributed by atoms with van der Waals surface area (Å²) in [6.45, 7) is 6.61. The molecule has 1 heterocycles. The maximum Gasteiger partial charge on any atom is 0.0784 e. The van der Waals surface area contributed by atoms with Crippen molar-refractivity contribution in [2.45, 2.75) is 72.1 Å². The molecule has 0 radical (unpaired) electrons. The zero-order chi connectivity index (χ0) is 11.0. The molecule has 16 heavy (non-hydrogen) atoms. The van der Waals surface area contributed by atoms with Crippen LogP contribution in [0.3, 0.4) is 0 Å². The fraction of sp³-hybridized carbons (Fsp3) is 1.00. The third-order valence-electron chi connectivity index (χ3n) is 3.95. The van der Waals surface area contributed by atoms with Crippen molar-refractivity contribution in [2.75, 3.05) is 26.7 Å². The highest BCUT2D eigenvalue weighted by Gasteiger charge is 2.23. The number of quaternary nitrogens is 1. The number of rotatable bonds is 7. The fourth-order valence-electron chi connectivity index (χ4n) is 2.77. The number of likely N-dealkylation sites (tertiary alicyclic amines) is 1. The van der Waals surface area contributed by atoms with Gasteiger partial charge in [0.2, 0.25) is 0 Å². The SMILES string of the molecule is C.CCCCCCCC[N+]1(C)CCCCC1. The van der Waals surface area contributed by atoms with Crippen LogP contribution in [0.5, 0.6) is 0 Å². The van der Waals surface area contributed by atoms with Crippen molar-refractivity contribution in [3.8, 4) is 0 Å². The third kappa shape index (κ3) is 6.52. The maximum absolute atomic E-state index is 2.46. The first kappa shape index (κ1) is 16.0. The lowest BCUT2D eigenvalue weighted by Gasteiger charge is -2.37. The van der Waals surface area contributed by atoms with Crippen molar-refractivity contribution >= 4 is 0 Å². The first-order valence-corrected chi connectivity index (χ1v) is 7.10. The molecular weight excluding hydrogens is 194 g/mol. The number of piperidine rings is 1. The van der Waals surface area contributed by atoms with Gasteiger partial charge in [0, 0.05) is 0 Å². The van der Waals surface area contributed by atoms with Crippen molar-refractivity contribution in [1.82, 2.24) is 0 Å². The molecule has 1 heteroatoms. The van der Waals surface area contributed by atoms with Crippen LogP contribution in [0.25, 0.3) is 0 Å². The Morgan fingerprint density at radius 3 is 2.00 bits per heavy atom. The zero-order valence-corrected chi connectivity index (χ0v) is 10.9. The molecule has 1 aliphatic heterocycles. The molecule has 0 amide bonds. The van der Waals surface area contributed by atoms with Crippen LogP contribution >= 0.6 is 0 Å². The van der Waals surface area contributed by atoms with E-state index in [1.54, 1.807) is 0 Å². The molecule has 0 aliphatic carbocycles. The van der Waals surface area contributed by atoms with Crippen LogP contribution < -0.4 is 0 Å². The van der Waals surface area contributed by atoms with Gasteiger partial charge in [-0.2, -0.15) is 0 Å². The van der Waals surface area contributed by atoms with E-state index in [-0.39, 0.29) is 7.43 Å². The Hall–Kier alpha value is -0.0400. The largest absolute Gasteiger partial charge is 0.326 e. The molecule has 0 aromatic carbocycles. The minimum Gasteiger partial charge on any atom is -0.326 e. The van der Waals surface area contributed by atoms with Crippen LogP contribution in [0.4, 0.5) is 0 Å². The smallest absolute Gasteiger partial charge is 0.0784 e.